The first kappa shape index (κ1) is 19.6. The van der Waals surface area contributed by atoms with E-state index in [2.05, 4.69) is 12.2 Å². The number of hydrogen-bond acceptors (Lipinski definition) is 2. The maximum Gasteiger partial charge on any atom is 0.430 e. The van der Waals surface area contributed by atoms with Crippen molar-refractivity contribution in [2.45, 2.75) is 50.6 Å². The first-order valence-corrected chi connectivity index (χ1v) is 7.24. The second-order valence-corrected chi connectivity index (χ2v) is 5.27. The number of anilines is 1. The molecule has 23 heavy (non-hydrogen) atoms. The molecule has 0 amide bonds. The van der Waals surface area contributed by atoms with Crippen molar-refractivity contribution in [3.05, 3.63) is 29.8 Å². The molecule has 0 saturated heterocycles. The van der Waals surface area contributed by atoms with Crippen LogP contribution in [-0.4, -0.2) is 24.0 Å². The van der Waals surface area contributed by atoms with Crippen molar-refractivity contribution in [3.8, 4) is 0 Å². The van der Waals surface area contributed by atoms with Gasteiger partial charge in [0.2, 0.25) is 0 Å². The van der Waals surface area contributed by atoms with Crippen LogP contribution >= 0.6 is 0 Å². The van der Waals surface area contributed by atoms with Gasteiger partial charge >= 0.3 is 12.4 Å². The molecule has 0 aliphatic rings. The Bertz CT molecular complexity index is 466. The van der Waals surface area contributed by atoms with E-state index >= 15 is 0 Å². The normalized spacial score (nSPS) is 13.2. The number of unbranched alkanes of at least 4 members (excludes halogenated alkanes) is 3. The van der Waals surface area contributed by atoms with Gasteiger partial charge < -0.3 is 10.4 Å². The summed E-state index contributed by atoms with van der Waals surface area (Å²) in [6.45, 7) is 2.62. The van der Waals surface area contributed by atoms with Crippen LogP contribution in [0.3, 0.4) is 0 Å². The Morgan fingerprint density at radius 1 is 0.870 bits per heavy atom. The van der Waals surface area contributed by atoms with E-state index in [1.54, 1.807) is 0 Å². The summed E-state index contributed by atoms with van der Waals surface area (Å²) in [7, 11) is 0. The second kappa shape index (κ2) is 7.42. The maximum absolute atomic E-state index is 12.7. The van der Waals surface area contributed by atoms with Crippen LogP contribution in [-0.2, 0) is 5.60 Å². The molecule has 0 fully saturated rings. The van der Waals surface area contributed by atoms with Gasteiger partial charge in [0, 0.05) is 17.8 Å². The van der Waals surface area contributed by atoms with Crippen molar-refractivity contribution in [2.75, 3.05) is 11.9 Å². The van der Waals surface area contributed by atoms with Gasteiger partial charge in [-0.2, -0.15) is 26.3 Å². The van der Waals surface area contributed by atoms with Crippen LogP contribution in [0.5, 0.6) is 0 Å². The first-order chi connectivity index (χ1) is 10.5. The number of aliphatic hydroxyl groups is 1. The molecule has 0 unspecified atom stereocenters. The third kappa shape index (κ3) is 4.53. The number of alkyl halides is 6. The Morgan fingerprint density at radius 3 is 1.83 bits per heavy atom. The van der Waals surface area contributed by atoms with Gasteiger partial charge in [0.05, 0.1) is 0 Å². The largest absolute Gasteiger partial charge is 0.430 e. The summed E-state index contributed by atoms with van der Waals surface area (Å²) in [6, 6.07) is 3.46. The molecule has 2 nitrogen and oxygen atoms in total. The monoisotopic (exact) mass is 343 g/mol. The molecule has 0 radical (unpaired) electrons. The fraction of sp³-hybridized carbons (Fsp3) is 0.600. The standard InChI is InChI=1S/C15H19F6NO/c1-2-3-4-5-10-22-12-8-6-11(7-9-12)13(23,14(16,17)18)15(19,20)21/h6-9,22-23H,2-5,10H2,1H3. The van der Waals surface area contributed by atoms with E-state index in [1.165, 1.54) is 0 Å². The Kier molecular flexibility index (Phi) is 6.33. The van der Waals surface area contributed by atoms with Crippen LogP contribution in [0.15, 0.2) is 24.3 Å². The first-order valence-electron chi connectivity index (χ1n) is 7.24. The van der Waals surface area contributed by atoms with Crippen LogP contribution < -0.4 is 5.32 Å². The third-order valence-corrected chi connectivity index (χ3v) is 3.48. The highest BCUT2D eigenvalue weighted by Gasteiger charge is 2.71. The number of benzene rings is 1. The highest BCUT2D eigenvalue weighted by molar-refractivity contribution is 5.46. The predicted molar refractivity (Wildman–Crippen MR) is 75.1 cm³/mol. The average molecular weight is 343 g/mol. The molecule has 0 spiro atoms. The van der Waals surface area contributed by atoms with Crippen LogP contribution in [0.4, 0.5) is 32.0 Å². The summed E-state index contributed by atoms with van der Waals surface area (Å²) in [4.78, 5) is 0. The van der Waals surface area contributed by atoms with Gasteiger partial charge in [-0.1, -0.05) is 38.3 Å². The molecular formula is C15H19F6NO. The molecule has 0 saturated carbocycles. The van der Waals surface area contributed by atoms with Gasteiger partial charge in [-0.05, 0) is 18.6 Å². The van der Waals surface area contributed by atoms with Gasteiger partial charge in [0.25, 0.3) is 5.60 Å². The quantitative estimate of drug-likeness (QED) is 0.540. The van der Waals surface area contributed by atoms with Crippen LogP contribution in [0, 0.1) is 0 Å². The lowest BCUT2D eigenvalue weighted by Crippen LogP contribution is -2.53. The summed E-state index contributed by atoms with van der Waals surface area (Å²) >= 11 is 0. The van der Waals surface area contributed by atoms with E-state index in [1.807, 2.05) is 0 Å². The van der Waals surface area contributed by atoms with Crippen LogP contribution in [0.25, 0.3) is 0 Å². The van der Waals surface area contributed by atoms with E-state index < -0.39 is 23.5 Å². The van der Waals surface area contributed by atoms with E-state index in [0.29, 0.717) is 24.4 Å². The minimum absolute atomic E-state index is 0.400. The zero-order valence-corrected chi connectivity index (χ0v) is 12.6. The van der Waals surface area contributed by atoms with Crippen molar-refractivity contribution < 1.29 is 31.4 Å². The molecule has 0 atom stereocenters. The molecule has 0 aliphatic heterocycles. The Balaban J connectivity index is 2.85. The summed E-state index contributed by atoms with van der Waals surface area (Å²) in [5, 5.41) is 12.2. The SMILES string of the molecule is CCCCCCNc1ccc(C(O)(C(F)(F)F)C(F)(F)F)cc1. The Morgan fingerprint density at radius 2 is 1.39 bits per heavy atom. The predicted octanol–water partition coefficient (Wildman–Crippen LogP) is 4.99. The van der Waals surface area contributed by atoms with Gasteiger partial charge in [0.15, 0.2) is 0 Å². The molecule has 1 rings (SSSR count). The van der Waals surface area contributed by atoms with Crippen molar-refractivity contribution in [1.29, 1.82) is 0 Å². The second-order valence-electron chi connectivity index (χ2n) is 5.27. The highest BCUT2D eigenvalue weighted by atomic mass is 19.4. The molecule has 0 bridgehead atoms. The molecular weight excluding hydrogens is 324 g/mol. The fourth-order valence-electron chi connectivity index (χ4n) is 2.10. The molecule has 0 heterocycles. The zero-order chi connectivity index (χ0) is 17.7. The molecule has 1 aromatic rings. The van der Waals surface area contributed by atoms with E-state index in [4.69, 9.17) is 0 Å². The van der Waals surface area contributed by atoms with Gasteiger partial charge in [-0.15, -0.1) is 0 Å². The Hall–Kier alpha value is -1.44. The lowest BCUT2D eigenvalue weighted by atomic mass is 9.92. The minimum atomic E-state index is -5.86. The molecule has 132 valence electrons. The van der Waals surface area contributed by atoms with Crippen molar-refractivity contribution in [2.24, 2.45) is 0 Å². The van der Waals surface area contributed by atoms with Crippen LogP contribution in [0.2, 0.25) is 0 Å². The lowest BCUT2D eigenvalue weighted by Gasteiger charge is -2.32. The van der Waals surface area contributed by atoms with Crippen molar-refractivity contribution in [1.82, 2.24) is 0 Å². The lowest BCUT2D eigenvalue weighted by molar-refractivity contribution is -0.376. The topological polar surface area (TPSA) is 32.3 Å². The van der Waals surface area contributed by atoms with Crippen molar-refractivity contribution in [3.63, 3.8) is 0 Å². The molecule has 2 N–H and O–H groups in total. The molecule has 0 aromatic heterocycles. The van der Waals surface area contributed by atoms with Gasteiger partial charge in [-0.3, -0.25) is 0 Å². The maximum atomic E-state index is 12.7. The number of rotatable bonds is 7. The number of halogens is 6. The smallest absolute Gasteiger partial charge is 0.385 e. The van der Waals surface area contributed by atoms with E-state index in [9.17, 15) is 31.4 Å². The molecule has 0 aliphatic carbocycles. The van der Waals surface area contributed by atoms with Crippen LogP contribution in [0.1, 0.15) is 38.2 Å². The third-order valence-electron chi connectivity index (χ3n) is 3.48. The van der Waals surface area contributed by atoms with Gasteiger partial charge in [0.1, 0.15) is 0 Å². The molecule has 8 heteroatoms. The number of nitrogens with one attached hydrogen (secondary N) is 1. The summed E-state index contributed by atoms with van der Waals surface area (Å²) in [5.41, 5.74) is -5.73. The van der Waals surface area contributed by atoms with E-state index in [0.717, 1.165) is 37.8 Å². The van der Waals surface area contributed by atoms with E-state index in [-0.39, 0.29) is 0 Å². The zero-order valence-electron chi connectivity index (χ0n) is 12.6. The molecule has 1 aromatic carbocycles. The minimum Gasteiger partial charge on any atom is -0.385 e. The summed E-state index contributed by atoms with van der Waals surface area (Å²) in [6.07, 6.45) is -7.76. The number of hydrogen-bond donors (Lipinski definition) is 2. The highest BCUT2D eigenvalue weighted by Crippen LogP contribution is 2.50. The fourth-order valence-corrected chi connectivity index (χ4v) is 2.10. The Labute approximate surface area is 130 Å². The average Bonchev–Trinajstić information content (AvgIpc) is 2.44. The van der Waals surface area contributed by atoms with Crippen molar-refractivity contribution >= 4 is 5.69 Å². The summed E-state index contributed by atoms with van der Waals surface area (Å²) < 4.78 is 76.3. The summed E-state index contributed by atoms with van der Waals surface area (Å²) in [5.74, 6) is 0. The van der Waals surface area contributed by atoms with Gasteiger partial charge in [-0.25, -0.2) is 0 Å².